The second-order valence-corrected chi connectivity index (χ2v) is 8.17. The van der Waals surface area contributed by atoms with Crippen molar-refractivity contribution >= 4 is 41.1 Å². The molecule has 0 aliphatic heterocycles. The normalized spacial score (nSPS) is 11.4. The molecule has 168 valence electrons. The topological polar surface area (TPSA) is 40.6 Å². The number of urea groups is 1. The maximum atomic E-state index is 14.4. The number of benzene rings is 2. The number of hydrogen-bond acceptors (Lipinski definition) is 4. The highest BCUT2D eigenvalue weighted by molar-refractivity contribution is 8.00. The first kappa shape index (κ1) is 24.9. The molecule has 0 unspecified atom stereocenters. The molecule has 2 rings (SSSR count). The van der Waals surface area contributed by atoms with Crippen LogP contribution >= 0.6 is 23.5 Å². The molecule has 0 heterocycles. The van der Waals surface area contributed by atoms with Gasteiger partial charge in [0.15, 0.2) is 0 Å². The summed E-state index contributed by atoms with van der Waals surface area (Å²) in [7, 11) is 1.09. The van der Waals surface area contributed by atoms with E-state index in [1.165, 1.54) is 11.8 Å². The average molecular weight is 482 g/mol. The number of imide groups is 1. The first-order valence-corrected chi connectivity index (χ1v) is 10.7. The van der Waals surface area contributed by atoms with Crippen molar-refractivity contribution in [2.45, 2.75) is 10.4 Å². The molecule has 3 amide bonds. The fraction of sp³-hybridized carbons (Fsp3) is 0.263. The zero-order valence-electron chi connectivity index (χ0n) is 16.2. The Morgan fingerprint density at radius 1 is 1.00 bits per heavy atom. The maximum Gasteiger partial charge on any atom is 0.446 e. The van der Waals surface area contributed by atoms with Gasteiger partial charge in [-0.3, -0.25) is 14.6 Å². The Bertz CT molecular complexity index is 951. The van der Waals surface area contributed by atoms with E-state index in [1.54, 1.807) is 6.26 Å². The van der Waals surface area contributed by atoms with Crippen molar-refractivity contribution in [2.75, 3.05) is 30.5 Å². The van der Waals surface area contributed by atoms with Crippen molar-refractivity contribution < 1.29 is 35.9 Å². The van der Waals surface area contributed by atoms with Gasteiger partial charge in [-0.15, -0.1) is 0 Å². The molecule has 0 aromatic heterocycles. The van der Waals surface area contributed by atoms with Crippen molar-refractivity contribution in [2.24, 2.45) is 0 Å². The molecule has 0 bridgehead atoms. The average Bonchev–Trinajstić information content (AvgIpc) is 2.66. The Hall–Kier alpha value is -2.34. The molecule has 31 heavy (non-hydrogen) atoms. The van der Waals surface area contributed by atoms with Crippen molar-refractivity contribution in [3.63, 3.8) is 0 Å². The van der Waals surface area contributed by atoms with Crippen molar-refractivity contribution in [3.8, 4) is 0 Å². The summed E-state index contributed by atoms with van der Waals surface area (Å²) in [6, 6.07) is 4.17. The van der Waals surface area contributed by atoms with Gasteiger partial charge < -0.3 is 0 Å². The Kier molecular flexibility index (Phi) is 8.29. The Morgan fingerprint density at radius 3 is 2.13 bits per heavy atom. The standard InChI is InChI=1S/C19H16F6N2O2S2/c1-26(15-7-6-11(10-14(15)22)31-19(23,24)25)18(29)27(8-9-30-2)17(28)16-12(20)4-3-5-13(16)21/h3-7,10H,8-9H2,1-2H3. The molecule has 0 saturated carbocycles. The van der Waals surface area contributed by atoms with Crippen LogP contribution in [-0.4, -0.2) is 47.9 Å². The number of nitrogens with zero attached hydrogens (tertiary/aromatic N) is 2. The predicted octanol–water partition coefficient (Wildman–Crippen LogP) is 5.78. The molecular weight excluding hydrogens is 466 g/mol. The monoisotopic (exact) mass is 482 g/mol. The minimum absolute atomic E-state index is 0.227. The van der Waals surface area contributed by atoms with Crippen LogP contribution in [0.2, 0.25) is 0 Å². The number of anilines is 1. The fourth-order valence-electron chi connectivity index (χ4n) is 2.54. The molecule has 2 aromatic rings. The van der Waals surface area contributed by atoms with Gasteiger partial charge in [0.2, 0.25) is 0 Å². The highest BCUT2D eigenvalue weighted by Crippen LogP contribution is 2.38. The van der Waals surface area contributed by atoms with Crippen LogP contribution in [0.15, 0.2) is 41.3 Å². The molecule has 0 atom stereocenters. The van der Waals surface area contributed by atoms with Crippen molar-refractivity contribution in [3.05, 3.63) is 59.4 Å². The minimum Gasteiger partial charge on any atom is -0.294 e. The molecular formula is C19H16F6N2O2S2. The van der Waals surface area contributed by atoms with Gasteiger partial charge in [-0.2, -0.15) is 24.9 Å². The van der Waals surface area contributed by atoms with E-state index in [9.17, 15) is 35.9 Å². The summed E-state index contributed by atoms with van der Waals surface area (Å²) in [5.41, 5.74) is -5.98. The smallest absolute Gasteiger partial charge is 0.294 e. The van der Waals surface area contributed by atoms with E-state index in [1.807, 2.05) is 0 Å². The van der Waals surface area contributed by atoms with Crippen LogP contribution in [0.3, 0.4) is 0 Å². The molecule has 0 aliphatic rings. The van der Waals surface area contributed by atoms with Gasteiger partial charge in [0.05, 0.1) is 5.69 Å². The van der Waals surface area contributed by atoms with E-state index in [4.69, 9.17) is 0 Å². The van der Waals surface area contributed by atoms with Crippen LogP contribution in [0, 0.1) is 17.5 Å². The number of rotatable bonds is 6. The van der Waals surface area contributed by atoms with E-state index in [2.05, 4.69) is 0 Å². The van der Waals surface area contributed by atoms with Gasteiger partial charge in [0.1, 0.15) is 23.0 Å². The van der Waals surface area contributed by atoms with Crippen LogP contribution in [0.25, 0.3) is 0 Å². The van der Waals surface area contributed by atoms with E-state index in [-0.39, 0.29) is 12.3 Å². The van der Waals surface area contributed by atoms with Crippen molar-refractivity contribution in [1.29, 1.82) is 0 Å². The molecule has 12 heteroatoms. The van der Waals surface area contributed by atoms with E-state index in [0.717, 1.165) is 37.4 Å². The van der Waals surface area contributed by atoms with E-state index < -0.39 is 62.8 Å². The van der Waals surface area contributed by atoms with Crippen LogP contribution in [-0.2, 0) is 0 Å². The zero-order valence-corrected chi connectivity index (χ0v) is 17.8. The zero-order chi connectivity index (χ0) is 23.3. The summed E-state index contributed by atoms with van der Waals surface area (Å²) < 4.78 is 79.9. The Morgan fingerprint density at radius 2 is 1.61 bits per heavy atom. The number of carbonyl (C=O) groups is 2. The lowest BCUT2D eigenvalue weighted by Gasteiger charge is -2.27. The molecule has 4 nitrogen and oxygen atoms in total. The molecule has 0 saturated heterocycles. The molecule has 0 N–H and O–H groups in total. The van der Waals surface area contributed by atoms with Gasteiger partial charge in [0.25, 0.3) is 5.91 Å². The third kappa shape index (κ3) is 6.33. The highest BCUT2D eigenvalue weighted by atomic mass is 32.2. The molecule has 0 fully saturated rings. The van der Waals surface area contributed by atoms with Crippen LogP contribution < -0.4 is 4.90 Å². The second kappa shape index (κ2) is 10.3. The highest BCUT2D eigenvalue weighted by Gasteiger charge is 2.32. The largest absolute Gasteiger partial charge is 0.446 e. The molecule has 0 radical (unpaired) electrons. The summed E-state index contributed by atoms with van der Waals surface area (Å²) in [4.78, 5) is 26.4. The molecule has 2 aromatic carbocycles. The Balaban J connectivity index is 2.36. The number of carbonyl (C=O) groups excluding carboxylic acids is 2. The fourth-order valence-corrected chi connectivity index (χ4v) is 3.48. The third-order valence-electron chi connectivity index (χ3n) is 3.97. The van der Waals surface area contributed by atoms with E-state index in [0.29, 0.717) is 15.9 Å². The first-order valence-electron chi connectivity index (χ1n) is 8.54. The number of alkyl halides is 3. The van der Waals surface area contributed by atoms with Crippen molar-refractivity contribution in [1.82, 2.24) is 4.90 Å². The maximum absolute atomic E-state index is 14.4. The summed E-state index contributed by atoms with van der Waals surface area (Å²) >= 11 is 0.723. The van der Waals surface area contributed by atoms with Gasteiger partial charge in [-0.05, 0) is 48.3 Å². The van der Waals surface area contributed by atoms with Gasteiger partial charge in [-0.1, -0.05) is 6.07 Å². The van der Waals surface area contributed by atoms with Crippen LogP contribution in [0.5, 0.6) is 0 Å². The summed E-state index contributed by atoms with van der Waals surface area (Å²) in [5, 5.41) is 0. The van der Waals surface area contributed by atoms with Crippen LogP contribution in [0.4, 0.5) is 36.8 Å². The number of thioether (sulfide) groups is 2. The predicted molar refractivity (Wildman–Crippen MR) is 108 cm³/mol. The number of halogens is 6. The lowest BCUT2D eigenvalue weighted by molar-refractivity contribution is -0.0328. The molecule has 0 aliphatic carbocycles. The van der Waals surface area contributed by atoms with Gasteiger partial charge in [0, 0.05) is 24.2 Å². The van der Waals surface area contributed by atoms with Gasteiger partial charge in [-0.25, -0.2) is 18.0 Å². The number of hydrogen-bond donors (Lipinski definition) is 0. The number of amides is 3. The van der Waals surface area contributed by atoms with Gasteiger partial charge >= 0.3 is 11.5 Å². The second-order valence-electron chi connectivity index (χ2n) is 6.05. The lowest BCUT2D eigenvalue weighted by atomic mass is 10.1. The SMILES string of the molecule is CSCCN(C(=O)c1c(F)cccc1F)C(=O)N(C)c1ccc(SC(F)(F)F)cc1F. The summed E-state index contributed by atoms with van der Waals surface area (Å²) in [5.74, 6) is -4.51. The quantitative estimate of drug-likeness (QED) is 0.387. The third-order valence-corrected chi connectivity index (χ3v) is 5.28. The summed E-state index contributed by atoms with van der Waals surface area (Å²) in [6.07, 6.45) is 1.68. The Labute approximate surface area is 182 Å². The lowest BCUT2D eigenvalue weighted by Crippen LogP contribution is -2.46. The van der Waals surface area contributed by atoms with Crippen LogP contribution in [0.1, 0.15) is 10.4 Å². The van der Waals surface area contributed by atoms with E-state index >= 15 is 0 Å². The summed E-state index contributed by atoms with van der Waals surface area (Å²) in [6.45, 7) is -0.236. The molecule has 0 spiro atoms. The first-order chi connectivity index (χ1) is 14.5. The minimum atomic E-state index is -4.62.